The Morgan fingerprint density at radius 3 is 2.54 bits per heavy atom. The molecule has 2 saturated carbocycles. The summed E-state index contributed by atoms with van der Waals surface area (Å²) in [4.78, 5) is 11.4. The Morgan fingerprint density at radius 2 is 1.96 bits per heavy atom. The molecule has 140 valence electrons. The fourth-order valence-corrected chi connectivity index (χ4v) is 6.07. The quantitative estimate of drug-likeness (QED) is 0.693. The minimum Gasteiger partial charge on any atom is -0.446 e. The zero-order valence-corrected chi connectivity index (χ0v) is 16.7. The van der Waals surface area contributed by atoms with Crippen molar-refractivity contribution in [1.29, 1.82) is 0 Å². The van der Waals surface area contributed by atoms with Crippen LogP contribution in [0.5, 0.6) is 0 Å². The van der Waals surface area contributed by atoms with Gasteiger partial charge < -0.3 is 10.5 Å². The zero-order valence-electron chi connectivity index (χ0n) is 16.7. The minimum absolute atomic E-state index is 0.0140. The summed E-state index contributed by atoms with van der Waals surface area (Å²) in [6, 6.07) is 0. The molecule has 3 heteroatoms. The third-order valence-electron chi connectivity index (χ3n) is 7.75. The Balaban J connectivity index is 2.29. The number of rotatable bonds is 5. The van der Waals surface area contributed by atoms with Crippen LogP contribution >= 0.6 is 0 Å². The van der Waals surface area contributed by atoms with E-state index < -0.39 is 6.09 Å². The van der Waals surface area contributed by atoms with Crippen LogP contribution in [0.4, 0.5) is 4.79 Å². The maximum Gasteiger partial charge on any atom is 0.404 e. The van der Waals surface area contributed by atoms with Crippen LogP contribution in [0.3, 0.4) is 0 Å². The van der Waals surface area contributed by atoms with Crippen molar-refractivity contribution < 1.29 is 9.53 Å². The van der Waals surface area contributed by atoms with Gasteiger partial charge in [0.25, 0.3) is 0 Å². The van der Waals surface area contributed by atoms with Gasteiger partial charge in [-0.3, -0.25) is 0 Å². The number of carbonyl (C=O) groups is 1. The Morgan fingerprint density at radius 1 is 1.29 bits per heavy atom. The van der Waals surface area contributed by atoms with E-state index in [1.807, 2.05) is 0 Å². The van der Waals surface area contributed by atoms with E-state index in [4.69, 9.17) is 10.5 Å². The lowest BCUT2D eigenvalue weighted by Gasteiger charge is -2.60. The van der Waals surface area contributed by atoms with Gasteiger partial charge in [-0.2, -0.15) is 0 Å². The summed E-state index contributed by atoms with van der Waals surface area (Å²) in [6.07, 6.45) is 8.05. The van der Waals surface area contributed by atoms with Gasteiger partial charge >= 0.3 is 6.09 Å². The molecule has 2 fully saturated rings. The second-order valence-electron chi connectivity index (χ2n) is 9.67. The fourth-order valence-electron chi connectivity index (χ4n) is 6.07. The van der Waals surface area contributed by atoms with Gasteiger partial charge in [-0.1, -0.05) is 60.8 Å². The van der Waals surface area contributed by atoms with Crippen LogP contribution in [0.15, 0.2) is 0 Å². The Kier molecular flexibility index (Phi) is 5.92. The first-order chi connectivity index (χ1) is 11.1. The van der Waals surface area contributed by atoms with Crippen molar-refractivity contribution in [3.05, 3.63) is 0 Å². The molecular weight excluding hydrogens is 298 g/mol. The van der Waals surface area contributed by atoms with Crippen LogP contribution in [0.25, 0.3) is 0 Å². The van der Waals surface area contributed by atoms with Crippen LogP contribution in [0.1, 0.15) is 86.5 Å². The molecule has 2 aliphatic rings. The molecule has 2 aliphatic carbocycles. The highest BCUT2D eigenvalue weighted by Crippen LogP contribution is 2.62. The molecule has 0 unspecified atom stereocenters. The molecule has 6 atom stereocenters. The lowest BCUT2D eigenvalue weighted by atomic mass is 9.45. The zero-order chi connectivity index (χ0) is 18.1. The van der Waals surface area contributed by atoms with Crippen molar-refractivity contribution in [3.8, 4) is 0 Å². The van der Waals surface area contributed by atoms with E-state index in [1.165, 1.54) is 38.5 Å². The van der Waals surface area contributed by atoms with Gasteiger partial charge in [-0.05, 0) is 60.2 Å². The highest BCUT2D eigenvalue weighted by molar-refractivity contribution is 5.64. The van der Waals surface area contributed by atoms with Gasteiger partial charge in [-0.15, -0.1) is 0 Å². The van der Waals surface area contributed by atoms with Crippen molar-refractivity contribution >= 4 is 6.09 Å². The molecule has 0 aliphatic heterocycles. The Hall–Kier alpha value is -0.730. The van der Waals surface area contributed by atoms with Crippen LogP contribution < -0.4 is 5.73 Å². The molecule has 0 saturated heterocycles. The van der Waals surface area contributed by atoms with Crippen molar-refractivity contribution in [1.82, 2.24) is 0 Å². The predicted molar refractivity (Wildman–Crippen MR) is 99.6 cm³/mol. The highest BCUT2D eigenvalue weighted by Gasteiger charge is 2.56. The molecule has 1 amide bonds. The summed E-state index contributed by atoms with van der Waals surface area (Å²) in [5.74, 6) is 2.40. The van der Waals surface area contributed by atoms with E-state index in [9.17, 15) is 4.79 Å². The molecule has 0 aromatic carbocycles. The summed E-state index contributed by atoms with van der Waals surface area (Å²) < 4.78 is 5.59. The van der Waals surface area contributed by atoms with Gasteiger partial charge in [0.05, 0.1) is 0 Å². The fraction of sp³-hybridized carbons (Fsp3) is 0.952. The number of fused-ring (bicyclic) bond motifs is 1. The number of amides is 1. The van der Waals surface area contributed by atoms with Crippen molar-refractivity contribution in [2.24, 2.45) is 40.2 Å². The van der Waals surface area contributed by atoms with Crippen LogP contribution in [-0.4, -0.2) is 12.2 Å². The van der Waals surface area contributed by atoms with E-state index in [0.717, 1.165) is 12.3 Å². The molecule has 3 nitrogen and oxygen atoms in total. The molecule has 0 heterocycles. The monoisotopic (exact) mass is 337 g/mol. The third-order valence-corrected chi connectivity index (χ3v) is 7.75. The lowest BCUT2D eigenvalue weighted by molar-refractivity contribution is -0.142. The summed E-state index contributed by atoms with van der Waals surface area (Å²) in [6.45, 7) is 14.3. The number of hydrogen-bond donors (Lipinski definition) is 1. The Labute approximate surface area is 149 Å². The number of primary amides is 1. The maximum absolute atomic E-state index is 11.4. The topological polar surface area (TPSA) is 52.3 Å². The summed E-state index contributed by atoms with van der Waals surface area (Å²) >= 11 is 0. The first kappa shape index (κ1) is 19.6. The first-order valence-corrected chi connectivity index (χ1v) is 10.1. The standard InChI is InChI=1S/C21H39NO2/c1-7-14(2)9-10-16-15(3)17(24-19(22)23)13-18-20(4,5)11-8-12-21(16,18)6/h14-18H,7-13H2,1-6H3,(H2,22,23)/t14-,15-,16+,17-,18+,21-/m1/s1. The van der Waals surface area contributed by atoms with E-state index >= 15 is 0 Å². The van der Waals surface area contributed by atoms with Gasteiger partial charge in [0.1, 0.15) is 6.10 Å². The predicted octanol–water partition coefficient (Wildman–Crippen LogP) is 5.77. The second-order valence-corrected chi connectivity index (χ2v) is 9.67. The van der Waals surface area contributed by atoms with E-state index in [0.29, 0.717) is 28.6 Å². The SMILES string of the molecule is CC[C@@H](C)CC[C@H]1[C@@H](C)[C@H](OC(N)=O)C[C@H]2C(C)(C)CCC[C@]12C. The first-order valence-electron chi connectivity index (χ1n) is 10.1. The summed E-state index contributed by atoms with van der Waals surface area (Å²) in [5.41, 5.74) is 6.07. The van der Waals surface area contributed by atoms with Crippen LogP contribution in [-0.2, 0) is 4.74 Å². The summed E-state index contributed by atoms with van der Waals surface area (Å²) in [5, 5.41) is 0. The van der Waals surface area contributed by atoms with Crippen molar-refractivity contribution in [2.75, 3.05) is 0 Å². The molecule has 0 aromatic heterocycles. The summed E-state index contributed by atoms with van der Waals surface area (Å²) in [7, 11) is 0. The van der Waals surface area contributed by atoms with E-state index in [2.05, 4.69) is 41.5 Å². The number of nitrogens with two attached hydrogens (primary N) is 1. The lowest BCUT2D eigenvalue weighted by Crippen LogP contribution is -2.56. The van der Waals surface area contributed by atoms with Crippen molar-refractivity contribution in [2.45, 2.75) is 92.6 Å². The number of ether oxygens (including phenoxy) is 1. The molecular formula is C21H39NO2. The van der Waals surface area contributed by atoms with E-state index in [-0.39, 0.29) is 6.10 Å². The molecule has 0 radical (unpaired) electrons. The van der Waals surface area contributed by atoms with E-state index in [1.54, 1.807) is 0 Å². The second kappa shape index (κ2) is 7.25. The minimum atomic E-state index is -0.607. The smallest absolute Gasteiger partial charge is 0.404 e. The largest absolute Gasteiger partial charge is 0.446 e. The maximum atomic E-state index is 11.4. The van der Waals surface area contributed by atoms with Gasteiger partial charge in [0, 0.05) is 0 Å². The molecule has 0 spiro atoms. The third kappa shape index (κ3) is 3.75. The van der Waals surface area contributed by atoms with Gasteiger partial charge in [-0.25, -0.2) is 4.79 Å². The molecule has 0 aromatic rings. The normalized spacial score (nSPS) is 39.8. The number of hydrogen-bond acceptors (Lipinski definition) is 2. The van der Waals surface area contributed by atoms with Crippen LogP contribution in [0, 0.1) is 34.5 Å². The average molecular weight is 338 g/mol. The Bertz CT molecular complexity index is 447. The molecule has 0 bridgehead atoms. The average Bonchev–Trinajstić information content (AvgIpc) is 2.47. The molecule has 2 N–H and O–H groups in total. The van der Waals surface area contributed by atoms with Gasteiger partial charge in [0.2, 0.25) is 0 Å². The highest BCUT2D eigenvalue weighted by atomic mass is 16.6. The number of carbonyl (C=O) groups excluding carboxylic acids is 1. The van der Waals surface area contributed by atoms with Crippen LogP contribution in [0.2, 0.25) is 0 Å². The van der Waals surface area contributed by atoms with Gasteiger partial charge in [0.15, 0.2) is 0 Å². The molecule has 24 heavy (non-hydrogen) atoms. The van der Waals surface area contributed by atoms with Crippen molar-refractivity contribution in [3.63, 3.8) is 0 Å². The molecule has 2 rings (SSSR count).